The van der Waals surface area contributed by atoms with Crippen LogP contribution in [0, 0.1) is 0 Å². The summed E-state index contributed by atoms with van der Waals surface area (Å²) in [6.07, 6.45) is -3.97. The molecule has 32 heavy (non-hydrogen) atoms. The van der Waals surface area contributed by atoms with Crippen molar-refractivity contribution in [2.24, 2.45) is 0 Å². The van der Waals surface area contributed by atoms with Gasteiger partial charge in [0.1, 0.15) is 23.9 Å². The Bertz CT molecular complexity index is 776. The number of aliphatic hydroxyl groups is 4. The summed E-state index contributed by atoms with van der Waals surface area (Å²) >= 11 is 0. The van der Waals surface area contributed by atoms with Crippen molar-refractivity contribution in [1.82, 2.24) is 20.9 Å². The zero-order valence-electron chi connectivity index (χ0n) is 18.5. The van der Waals surface area contributed by atoms with Crippen LogP contribution >= 0.6 is 0 Å². The number of likely N-dealkylation sites (N-methyl/N-ethyl adjacent to an activating group) is 2. The summed E-state index contributed by atoms with van der Waals surface area (Å²) in [6, 6.07) is 4.19. The van der Waals surface area contributed by atoms with Crippen molar-refractivity contribution >= 4 is 0 Å². The van der Waals surface area contributed by atoms with E-state index in [0.717, 1.165) is 5.69 Å². The largest absolute Gasteiger partial charge is 0.390 e. The van der Waals surface area contributed by atoms with E-state index in [-0.39, 0.29) is 13.0 Å². The molecule has 0 unspecified atom stereocenters. The number of aromatic nitrogens is 1. The lowest BCUT2D eigenvalue weighted by Crippen LogP contribution is -2.81. The fourth-order valence-electron chi connectivity index (χ4n) is 5.13. The van der Waals surface area contributed by atoms with Gasteiger partial charge in [-0.2, -0.15) is 0 Å². The highest BCUT2D eigenvalue weighted by Gasteiger charge is 2.68. The van der Waals surface area contributed by atoms with Crippen LogP contribution in [0.4, 0.5) is 0 Å². The van der Waals surface area contributed by atoms with E-state index < -0.39 is 60.3 Å². The standard InChI is InChI=1S/C21H34N4O7/c1-11-8-20(28,10-24-9-12-6-4-5-7-25-12)21(29)19(30-11)31-18-16(27)13(22-2)15(26)14(23-3)17(18)32-21/h4-7,11,13-19,22-24,26-29H,8-10H2,1-3H3/t11-,13-,14+,15+,16+,17-,18-,19+,20-,21-/m1/s1. The van der Waals surface area contributed by atoms with Crippen molar-refractivity contribution in [2.45, 2.75) is 80.2 Å². The van der Waals surface area contributed by atoms with Gasteiger partial charge in [-0.05, 0) is 33.2 Å². The molecule has 180 valence electrons. The molecule has 0 bridgehead atoms. The number of nitrogens with one attached hydrogen (secondary N) is 3. The van der Waals surface area contributed by atoms with Crippen LogP contribution in [-0.2, 0) is 20.8 Å². The van der Waals surface area contributed by atoms with Gasteiger partial charge in [-0.3, -0.25) is 4.98 Å². The lowest BCUT2D eigenvalue weighted by Gasteiger charge is -2.60. The van der Waals surface area contributed by atoms with Gasteiger partial charge < -0.3 is 50.6 Å². The van der Waals surface area contributed by atoms with Crippen LogP contribution in [0.15, 0.2) is 24.4 Å². The number of nitrogens with zero attached hydrogens (tertiary/aromatic N) is 1. The van der Waals surface area contributed by atoms with Gasteiger partial charge in [0.25, 0.3) is 0 Å². The van der Waals surface area contributed by atoms with Crippen molar-refractivity contribution in [3.63, 3.8) is 0 Å². The highest BCUT2D eigenvalue weighted by molar-refractivity contribution is 5.12. The summed E-state index contributed by atoms with van der Waals surface area (Å²) in [5, 5.41) is 53.7. The van der Waals surface area contributed by atoms with E-state index in [1.165, 1.54) is 0 Å². The SMILES string of the molecule is CN[C@@H]1[C@H](O)[C@H](NC)[C@H]2O[C@]3(O)[C@H](O[C@@H]2[C@H]1O)O[C@H](C)C[C@@]3(O)CNCc1ccccn1. The van der Waals surface area contributed by atoms with Crippen LogP contribution < -0.4 is 16.0 Å². The van der Waals surface area contributed by atoms with Gasteiger partial charge in [0.2, 0.25) is 12.1 Å². The molecule has 0 aromatic carbocycles. The molecule has 2 saturated heterocycles. The topological polar surface area (TPSA) is 158 Å². The fourth-order valence-corrected chi connectivity index (χ4v) is 5.13. The van der Waals surface area contributed by atoms with E-state index in [9.17, 15) is 20.4 Å². The molecule has 11 nitrogen and oxygen atoms in total. The van der Waals surface area contributed by atoms with Crippen LogP contribution in [0.2, 0.25) is 0 Å². The Labute approximate surface area is 187 Å². The first-order valence-corrected chi connectivity index (χ1v) is 11.0. The Morgan fingerprint density at radius 3 is 2.47 bits per heavy atom. The monoisotopic (exact) mass is 454 g/mol. The second kappa shape index (κ2) is 9.18. The molecule has 4 rings (SSSR count). The Kier molecular flexibility index (Phi) is 6.86. The molecular weight excluding hydrogens is 420 g/mol. The summed E-state index contributed by atoms with van der Waals surface area (Å²) < 4.78 is 17.9. The molecule has 1 aliphatic carbocycles. The zero-order chi connectivity index (χ0) is 23.1. The van der Waals surface area contributed by atoms with Gasteiger partial charge in [0.15, 0.2) is 0 Å². The molecule has 0 amide bonds. The summed E-state index contributed by atoms with van der Waals surface area (Å²) in [4.78, 5) is 4.25. The third-order valence-corrected chi connectivity index (χ3v) is 6.80. The number of hydrogen-bond donors (Lipinski definition) is 7. The maximum Gasteiger partial charge on any atom is 0.249 e. The van der Waals surface area contributed by atoms with Crippen molar-refractivity contribution in [3.05, 3.63) is 30.1 Å². The van der Waals surface area contributed by atoms with E-state index in [1.807, 2.05) is 18.2 Å². The minimum Gasteiger partial charge on any atom is -0.390 e. The molecule has 1 aromatic rings. The van der Waals surface area contributed by atoms with Crippen LogP contribution in [0.25, 0.3) is 0 Å². The molecule has 2 aliphatic heterocycles. The Morgan fingerprint density at radius 1 is 1.06 bits per heavy atom. The second-order valence-electron chi connectivity index (χ2n) is 8.93. The minimum atomic E-state index is -2.22. The van der Waals surface area contributed by atoms with Gasteiger partial charge in [-0.1, -0.05) is 6.07 Å². The van der Waals surface area contributed by atoms with Crippen molar-refractivity contribution in [2.75, 3.05) is 20.6 Å². The number of fused-ring (bicyclic) bond motifs is 2. The molecule has 0 spiro atoms. The normalized spacial score (nSPS) is 46.3. The first-order valence-electron chi connectivity index (χ1n) is 11.0. The molecule has 3 aliphatic rings. The molecule has 1 saturated carbocycles. The van der Waals surface area contributed by atoms with E-state index in [4.69, 9.17) is 14.2 Å². The van der Waals surface area contributed by atoms with Gasteiger partial charge in [-0.15, -0.1) is 0 Å². The molecule has 11 heteroatoms. The molecule has 0 radical (unpaired) electrons. The lowest BCUT2D eigenvalue weighted by atomic mass is 9.77. The molecule has 10 atom stereocenters. The maximum atomic E-state index is 11.6. The van der Waals surface area contributed by atoms with E-state index in [2.05, 4.69) is 20.9 Å². The smallest absolute Gasteiger partial charge is 0.249 e. The van der Waals surface area contributed by atoms with E-state index >= 15 is 0 Å². The van der Waals surface area contributed by atoms with Crippen LogP contribution in [0.1, 0.15) is 19.0 Å². The van der Waals surface area contributed by atoms with Crippen molar-refractivity contribution in [3.8, 4) is 0 Å². The van der Waals surface area contributed by atoms with Crippen LogP contribution in [-0.4, -0.2) is 106 Å². The summed E-state index contributed by atoms with van der Waals surface area (Å²) in [7, 11) is 3.28. The van der Waals surface area contributed by atoms with E-state index in [1.54, 1.807) is 27.2 Å². The zero-order valence-corrected chi connectivity index (χ0v) is 18.5. The summed E-state index contributed by atoms with van der Waals surface area (Å²) in [5.74, 6) is -2.22. The molecule has 3 fully saturated rings. The van der Waals surface area contributed by atoms with Gasteiger partial charge >= 0.3 is 0 Å². The highest BCUT2D eigenvalue weighted by Crippen LogP contribution is 2.46. The second-order valence-corrected chi connectivity index (χ2v) is 8.93. The average Bonchev–Trinajstić information content (AvgIpc) is 2.75. The molecular formula is C21H34N4O7. The van der Waals surface area contributed by atoms with Crippen molar-refractivity contribution < 1.29 is 34.6 Å². The Morgan fingerprint density at radius 2 is 1.81 bits per heavy atom. The lowest BCUT2D eigenvalue weighted by molar-refractivity contribution is -0.482. The van der Waals surface area contributed by atoms with Gasteiger partial charge in [0, 0.05) is 25.7 Å². The quantitative estimate of drug-likeness (QED) is 0.242. The number of hydrogen-bond acceptors (Lipinski definition) is 11. The summed E-state index contributed by atoms with van der Waals surface area (Å²) in [6.45, 7) is 2.14. The number of rotatable bonds is 6. The van der Waals surface area contributed by atoms with Crippen LogP contribution in [0.3, 0.4) is 0 Å². The first kappa shape index (κ1) is 23.9. The molecule has 7 N–H and O–H groups in total. The Hall–Kier alpha value is -1.25. The predicted molar refractivity (Wildman–Crippen MR) is 112 cm³/mol. The number of aliphatic hydroxyl groups excluding tert-OH is 2. The van der Waals surface area contributed by atoms with Gasteiger partial charge in [0.05, 0.1) is 30.0 Å². The maximum absolute atomic E-state index is 11.6. The average molecular weight is 455 g/mol. The van der Waals surface area contributed by atoms with Crippen LogP contribution in [0.5, 0.6) is 0 Å². The third kappa shape index (κ3) is 3.96. The highest BCUT2D eigenvalue weighted by atomic mass is 16.8. The van der Waals surface area contributed by atoms with Gasteiger partial charge in [-0.25, -0.2) is 0 Å². The Balaban J connectivity index is 1.57. The first-order chi connectivity index (χ1) is 15.2. The summed E-state index contributed by atoms with van der Waals surface area (Å²) in [5.41, 5.74) is -0.976. The fraction of sp³-hybridized carbons (Fsp3) is 0.762. The molecule has 3 heterocycles. The van der Waals surface area contributed by atoms with E-state index in [0.29, 0.717) is 6.54 Å². The third-order valence-electron chi connectivity index (χ3n) is 6.80. The minimum absolute atomic E-state index is 0.0144. The number of ether oxygens (including phenoxy) is 3. The predicted octanol–water partition coefficient (Wildman–Crippen LogP) is -2.58. The number of pyridine rings is 1. The van der Waals surface area contributed by atoms with Crippen molar-refractivity contribution in [1.29, 1.82) is 0 Å². The molecule has 1 aromatic heterocycles.